The second-order valence-electron chi connectivity index (χ2n) is 6.03. The fourth-order valence-electron chi connectivity index (χ4n) is 3.07. The lowest BCUT2D eigenvalue weighted by Gasteiger charge is -2.25. The smallest absolute Gasteiger partial charge is 0.251 e. The monoisotopic (exact) mass is 343 g/mol. The molecule has 4 rings (SSSR count). The van der Waals surface area contributed by atoms with E-state index in [1.165, 1.54) is 11.8 Å². The summed E-state index contributed by atoms with van der Waals surface area (Å²) in [4.78, 5) is 25.0. The number of thioether (sulfide) groups is 1. The molecule has 24 heavy (non-hydrogen) atoms. The Hall–Kier alpha value is -2.35. The van der Waals surface area contributed by atoms with Crippen molar-refractivity contribution in [3.63, 3.8) is 0 Å². The first-order chi connectivity index (χ1) is 11.6. The predicted molar refractivity (Wildman–Crippen MR) is 90.1 cm³/mol. The summed E-state index contributed by atoms with van der Waals surface area (Å²) in [7, 11) is 0. The molecule has 3 heterocycles. The molecule has 7 nitrogen and oxygen atoms in total. The van der Waals surface area contributed by atoms with E-state index in [0.29, 0.717) is 23.5 Å². The van der Waals surface area contributed by atoms with Gasteiger partial charge in [0.1, 0.15) is 11.6 Å². The van der Waals surface area contributed by atoms with E-state index in [1.807, 2.05) is 13.0 Å². The number of carbonyl (C=O) groups excluding carboxylic acids is 2. The van der Waals surface area contributed by atoms with Gasteiger partial charge in [0.05, 0.1) is 11.4 Å². The summed E-state index contributed by atoms with van der Waals surface area (Å²) in [5, 5.41) is 14.1. The zero-order chi connectivity index (χ0) is 16.7. The van der Waals surface area contributed by atoms with Gasteiger partial charge in [-0.15, -0.1) is 22.0 Å². The van der Waals surface area contributed by atoms with Gasteiger partial charge in [-0.1, -0.05) is 0 Å². The number of carbonyl (C=O) groups is 2. The van der Waals surface area contributed by atoms with E-state index >= 15 is 0 Å². The summed E-state index contributed by atoms with van der Waals surface area (Å²) in [6.45, 7) is 2.61. The normalized spacial score (nSPS) is 19.2. The summed E-state index contributed by atoms with van der Waals surface area (Å²) >= 11 is 1.49. The molecule has 1 aromatic heterocycles. The predicted octanol–water partition coefficient (Wildman–Crippen LogP) is 1.38. The van der Waals surface area contributed by atoms with E-state index in [0.717, 1.165) is 29.4 Å². The minimum Gasteiger partial charge on any atom is -0.347 e. The van der Waals surface area contributed by atoms with Crippen LogP contribution < -0.4 is 10.6 Å². The van der Waals surface area contributed by atoms with Gasteiger partial charge in [-0.05, 0) is 31.5 Å². The molecule has 0 saturated carbocycles. The Kier molecular flexibility index (Phi) is 3.76. The zero-order valence-electron chi connectivity index (χ0n) is 13.2. The lowest BCUT2D eigenvalue weighted by Crippen LogP contribution is -2.41. The van der Waals surface area contributed by atoms with Crippen molar-refractivity contribution in [1.29, 1.82) is 0 Å². The van der Waals surface area contributed by atoms with Gasteiger partial charge in [0.2, 0.25) is 5.91 Å². The molecule has 2 aliphatic heterocycles. The molecule has 0 spiro atoms. The molecular formula is C16H17N5O2S. The van der Waals surface area contributed by atoms with Crippen LogP contribution in [0.3, 0.4) is 0 Å². The number of amides is 2. The minimum atomic E-state index is -0.123. The number of rotatable bonds is 2. The van der Waals surface area contributed by atoms with Crippen LogP contribution in [0.2, 0.25) is 0 Å². The van der Waals surface area contributed by atoms with E-state index < -0.39 is 0 Å². The molecule has 124 valence electrons. The van der Waals surface area contributed by atoms with Crippen molar-refractivity contribution in [3.05, 3.63) is 35.4 Å². The molecule has 0 aliphatic carbocycles. The highest BCUT2D eigenvalue weighted by atomic mass is 32.2. The van der Waals surface area contributed by atoms with Crippen LogP contribution >= 0.6 is 11.8 Å². The first kappa shape index (κ1) is 15.2. The SMILES string of the molecule is Cc1nnc2n1CC(NC(=O)c1ccc3c(c1)NC(=O)CS3)CC2. The third-order valence-electron chi connectivity index (χ3n) is 4.34. The van der Waals surface area contributed by atoms with Crippen molar-refractivity contribution in [3.8, 4) is 0 Å². The van der Waals surface area contributed by atoms with Gasteiger partial charge >= 0.3 is 0 Å². The summed E-state index contributed by atoms with van der Waals surface area (Å²) in [6.07, 6.45) is 1.66. The average Bonchev–Trinajstić information content (AvgIpc) is 2.95. The maximum atomic E-state index is 12.5. The van der Waals surface area contributed by atoms with Crippen molar-refractivity contribution in [1.82, 2.24) is 20.1 Å². The first-order valence-electron chi connectivity index (χ1n) is 7.86. The molecule has 0 saturated heterocycles. The second kappa shape index (κ2) is 5.94. The van der Waals surface area contributed by atoms with Crippen molar-refractivity contribution < 1.29 is 9.59 Å². The Labute approximate surface area is 143 Å². The highest BCUT2D eigenvalue weighted by Crippen LogP contribution is 2.32. The minimum absolute atomic E-state index is 0.0343. The van der Waals surface area contributed by atoms with Gasteiger partial charge < -0.3 is 15.2 Å². The molecule has 2 N–H and O–H groups in total. The lowest BCUT2D eigenvalue weighted by molar-refractivity contribution is -0.113. The van der Waals surface area contributed by atoms with E-state index in [-0.39, 0.29) is 17.9 Å². The molecule has 1 atom stereocenters. The molecule has 8 heteroatoms. The van der Waals surface area contributed by atoms with Crippen LogP contribution in [-0.4, -0.2) is 38.4 Å². The Morgan fingerprint density at radius 2 is 2.29 bits per heavy atom. The van der Waals surface area contributed by atoms with Crippen LogP contribution in [0.1, 0.15) is 28.4 Å². The first-order valence-corrected chi connectivity index (χ1v) is 8.85. The van der Waals surface area contributed by atoms with Gasteiger partial charge in [0, 0.05) is 29.5 Å². The third kappa shape index (κ3) is 2.77. The van der Waals surface area contributed by atoms with E-state index in [2.05, 4.69) is 25.4 Å². The number of aryl methyl sites for hydroxylation is 2. The van der Waals surface area contributed by atoms with Crippen molar-refractivity contribution in [2.24, 2.45) is 0 Å². The number of benzene rings is 1. The molecule has 2 aliphatic rings. The Morgan fingerprint density at radius 1 is 1.42 bits per heavy atom. The van der Waals surface area contributed by atoms with Gasteiger partial charge in [-0.25, -0.2) is 0 Å². The molecular weight excluding hydrogens is 326 g/mol. The zero-order valence-corrected chi connectivity index (χ0v) is 14.0. The average molecular weight is 343 g/mol. The van der Waals surface area contributed by atoms with Crippen LogP contribution in [0.15, 0.2) is 23.1 Å². The maximum Gasteiger partial charge on any atom is 0.251 e. The third-order valence-corrected chi connectivity index (χ3v) is 5.42. The summed E-state index contributed by atoms with van der Waals surface area (Å²) in [6, 6.07) is 5.49. The van der Waals surface area contributed by atoms with Crippen LogP contribution in [-0.2, 0) is 17.8 Å². The van der Waals surface area contributed by atoms with Gasteiger partial charge in [-0.2, -0.15) is 0 Å². The summed E-state index contributed by atoms with van der Waals surface area (Å²) in [5.74, 6) is 2.11. The highest BCUT2D eigenvalue weighted by Gasteiger charge is 2.24. The van der Waals surface area contributed by atoms with Crippen LogP contribution in [0.5, 0.6) is 0 Å². The quantitative estimate of drug-likeness (QED) is 0.860. The molecule has 0 fully saturated rings. The molecule has 2 aromatic rings. The van der Waals surface area contributed by atoms with E-state index in [9.17, 15) is 9.59 Å². The van der Waals surface area contributed by atoms with Crippen molar-refractivity contribution >= 4 is 29.3 Å². The number of hydrogen-bond donors (Lipinski definition) is 2. The van der Waals surface area contributed by atoms with Crippen LogP contribution in [0.4, 0.5) is 5.69 Å². The Bertz CT molecular complexity index is 832. The van der Waals surface area contributed by atoms with Crippen LogP contribution in [0, 0.1) is 6.92 Å². The number of hydrogen-bond acceptors (Lipinski definition) is 5. The summed E-state index contributed by atoms with van der Waals surface area (Å²) < 4.78 is 2.05. The van der Waals surface area contributed by atoms with E-state index in [4.69, 9.17) is 0 Å². The van der Waals surface area contributed by atoms with Gasteiger partial charge in [-0.3, -0.25) is 9.59 Å². The van der Waals surface area contributed by atoms with Gasteiger partial charge in [0.25, 0.3) is 5.91 Å². The Morgan fingerprint density at radius 3 is 3.17 bits per heavy atom. The fourth-order valence-corrected chi connectivity index (χ4v) is 3.86. The molecule has 2 amide bonds. The van der Waals surface area contributed by atoms with E-state index in [1.54, 1.807) is 12.1 Å². The number of nitrogens with zero attached hydrogens (tertiary/aromatic N) is 3. The standard InChI is InChI=1S/C16H17N5O2S/c1-9-19-20-14-5-3-11(7-21(9)14)17-16(23)10-2-4-13-12(6-10)18-15(22)8-24-13/h2,4,6,11H,3,5,7-8H2,1H3,(H,17,23)(H,18,22). The molecule has 1 unspecified atom stereocenters. The highest BCUT2D eigenvalue weighted by molar-refractivity contribution is 8.00. The molecule has 0 radical (unpaired) electrons. The summed E-state index contributed by atoms with van der Waals surface area (Å²) in [5.41, 5.74) is 1.27. The number of nitrogens with one attached hydrogen (secondary N) is 2. The second-order valence-corrected chi connectivity index (χ2v) is 7.05. The van der Waals surface area contributed by atoms with Crippen LogP contribution in [0.25, 0.3) is 0 Å². The van der Waals surface area contributed by atoms with Crippen molar-refractivity contribution in [2.45, 2.75) is 37.2 Å². The number of aromatic nitrogens is 3. The maximum absolute atomic E-state index is 12.5. The lowest BCUT2D eigenvalue weighted by atomic mass is 10.1. The molecule has 1 aromatic carbocycles. The largest absolute Gasteiger partial charge is 0.347 e. The van der Waals surface area contributed by atoms with Gasteiger partial charge in [0.15, 0.2) is 0 Å². The van der Waals surface area contributed by atoms with Crippen molar-refractivity contribution in [2.75, 3.05) is 11.1 Å². The number of fused-ring (bicyclic) bond motifs is 2. The number of anilines is 1. The Balaban J connectivity index is 1.48. The molecule has 0 bridgehead atoms. The topological polar surface area (TPSA) is 88.9 Å². The fraction of sp³-hybridized carbons (Fsp3) is 0.375.